The van der Waals surface area contributed by atoms with Gasteiger partial charge < -0.3 is 10.3 Å². The van der Waals surface area contributed by atoms with Gasteiger partial charge in [-0.2, -0.15) is 5.01 Å². The Labute approximate surface area is 159 Å². The second-order valence-electron chi connectivity index (χ2n) is 6.22. The van der Waals surface area contributed by atoms with Crippen molar-refractivity contribution < 1.29 is 14.4 Å². The number of aromatic amines is 1. The third kappa shape index (κ3) is 3.37. The maximum Gasteiger partial charge on any atom is 0.344 e. The number of rotatable bonds is 4. The molecule has 1 atom stereocenters. The van der Waals surface area contributed by atoms with Gasteiger partial charge in [-0.15, -0.1) is 0 Å². The smallest absolute Gasteiger partial charge is 0.344 e. The molecule has 4 rings (SSSR count). The third-order valence-corrected chi connectivity index (χ3v) is 4.58. The molecule has 7 nitrogen and oxygen atoms in total. The second kappa shape index (κ2) is 6.77. The molecule has 1 aromatic heterocycles. The molecule has 3 N–H and O–H groups in total. The van der Waals surface area contributed by atoms with E-state index in [-0.39, 0.29) is 5.69 Å². The molecule has 1 fully saturated rings. The van der Waals surface area contributed by atoms with Crippen molar-refractivity contribution in [2.24, 2.45) is 0 Å². The van der Waals surface area contributed by atoms with Crippen molar-refractivity contribution in [3.8, 4) is 0 Å². The first-order chi connectivity index (χ1) is 13.0. The van der Waals surface area contributed by atoms with Gasteiger partial charge in [-0.05, 0) is 29.8 Å². The average molecular weight is 383 g/mol. The summed E-state index contributed by atoms with van der Waals surface area (Å²) < 4.78 is 0. The summed E-state index contributed by atoms with van der Waals surface area (Å²) in [5.74, 6) is -1.09. The summed E-state index contributed by atoms with van der Waals surface area (Å²) in [6.07, 6.45) is 0.350. The molecule has 1 aliphatic heterocycles. The molecule has 3 aromatic rings. The Bertz CT molecular complexity index is 1050. The molecule has 0 unspecified atom stereocenters. The van der Waals surface area contributed by atoms with Crippen molar-refractivity contribution in [2.75, 3.05) is 0 Å². The van der Waals surface area contributed by atoms with Crippen LogP contribution in [0.3, 0.4) is 0 Å². The van der Waals surface area contributed by atoms with Crippen molar-refractivity contribution >= 4 is 40.3 Å². The molecule has 0 saturated carbocycles. The van der Waals surface area contributed by atoms with Crippen LogP contribution in [0, 0.1) is 0 Å². The van der Waals surface area contributed by atoms with Crippen LogP contribution in [0.1, 0.15) is 16.1 Å². The fraction of sp³-hybridized carbons (Fsp3) is 0.105. The second-order valence-corrected chi connectivity index (χ2v) is 6.66. The van der Waals surface area contributed by atoms with Crippen LogP contribution in [0.15, 0.2) is 54.6 Å². The quantitative estimate of drug-likeness (QED) is 0.605. The standard InChI is InChI=1S/C19H15ClN4O3/c20-13-6-7-14-12(9-13)10-15(21-14)17(25)23-24-18(26)16(22-19(24)27)8-11-4-2-1-3-5-11/h1-7,9-10,16,21H,8H2,(H,22,27)(H,23,25)/t16-/m1/s1. The van der Waals surface area contributed by atoms with E-state index in [2.05, 4.69) is 15.7 Å². The number of fused-ring (bicyclic) bond motifs is 1. The summed E-state index contributed by atoms with van der Waals surface area (Å²) in [4.78, 5) is 40.0. The fourth-order valence-corrected chi connectivity index (χ4v) is 3.19. The SMILES string of the molecule is O=C(NN1C(=O)N[C@H](Cc2ccccc2)C1=O)c1cc2cc(Cl)ccc2[nH]1. The molecule has 2 heterocycles. The van der Waals surface area contributed by atoms with Crippen molar-refractivity contribution in [3.63, 3.8) is 0 Å². The number of H-pyrrole nitrogens is 1. The highest BCUT2D eigenvalue weighted by molar-refractivity contribution is 6.31. The van der Waals surface area contributed by atoms with E-state index in [1.807, 2.05) is 30.3 Å². The number of imide groups is 1. The Hall–Kier alpha value is -3.32. The lowest BCUT2D eigenvalue weighted by Gasteiger charge is -2.13. The monoisotopic (exact) mass is 382 g/mol. The molecule has 1 aliphatic rings. The van der Waals surface area contributed by atoms with Crippen LogP contribution in [-0.2, 0) is 11.2 Å². The summed E-state index contributed by atoms with van der Waals surface area (Å²) >= 11 is 5.95. The van der Waals surface area contributed by atoms with E-state index in [0.717, 1.165) is 16.5 Å². The molecule has 27 heavy (non-hydrogen) atoms. The molecule has 136 valence electrons. The van der Waals surface area contributed by atoms with Crippen LogP contribution in [0.5, 0.6) is 0 Å². The molecule has 4 amide bonds. The van der Waals surface area contributed by atoms with Gasteiger partial charge in [0.25, 0.3) is 11.8 Å². The van der Waals surface area contributed by atoms with Gasteiger partial charge in [0.15, 0.2) is 0 Å². The first-order valence-corrected chi connectivity index (χ1v) is 8.67. The number of aromatic nitrogens is 1. The average Bonchev–Trinajstić information content (AvgIpc) is 3.18. The minimum Gasteiger partial charge on any atom is -0.350 e. The molecule has 2 aromatic carbocycles. The van der Waals surface area contributed by atoms with Gasteiger partial charge >= 0.3 is 6.03 Å². The van der Waals surface area contributed by atoms with Crippen LogP contribution < -0.4 is 10.7 Å². The normalized spacial score (nSPS) is 16.6. The summed E-state index contributed by atoms with van der Waals surface area (Å²) in [6.45, 7) is 0. The largest absolute Gasteiger partial charge is 0.350 e. The number of amides is 4. The highest BCUT2D eigenvalue weighted by Crippen LogP contribution is 2.20. The highest BCUT2D eigenvalue weighted by atomic mass is 35.5. The lowest BCUT2D eigenvalue weighted by Crippen LogP contribution is -2.47. The van der Waals surface area contributed by atoms with E-state index in [4.69, 9.17) is 11.6 Å². The number of carbonyl (C=O) groups is 3. The van der Waals surface area contributed by atoms with Gasteiger partial charge in [0.2, 0.25) is 0 Å². The Balaban J connectivity index is 1.48. The molecular formula is C19H15ClN4O3. The molecular weight excluding hydrogens is 368 g/mol. The van der Waals surface area contributed by atoms with E-state index in [1.165, 1.54) is 0 Å². The zero-order valence-electron chi connectivity index (χ0n) is 14.0. The predicted molar refractivity (Wildman–Crippen MR) is 100 cm³/mol. The summed E-state index contributed by atoms with van der Waals surface area (Å²) in [5, 5.41) is 4.61. The fourth-order valence-electron chi connectivity index (χ4n) is 3.01. The van der Waals surface area contributed by atoms with Gasteiger partial charge in [-0.25, -0.2) is 4.79 Å². The van der Waals surface area contributed by atoms with Gasteiger partial charge in [0, 0.05) is 22.3 Å². The summed E-state index contributed by atoms with van der Waals surface area (Å²) in [6, 6.07) is 14.7. The first kappa shape index (κ1) is 17.1. The van der Waals surface area contributed by atoms with Crippen LogP contribution in [0.25, 0.3) is 10.9 Å². The maximum absolute atomic E-state index is 12.5. The highest BCUT2D eigenvalue weighted by Gasteiger charge is 2.39. The van der Waals surface area contributed by atoms with E-state index in [0.29, 0.717) is 16.5 Å². The number of halogens is 1. The minimum atomic E-state index is -0.721. The Kier molecular flexibility index (Phi) is 4.29. The lowest BCUT2D eigenvalue weighted by molar-refractivity contribution is -0.129. The molecule has 0 bridgehead atoms. The number of carbonyl (C=O) groups excluding carboxylic acids is 3. The van der Waals surface area contributed by atoms with Crippen LogP contribution in [0.4, 0.5) is 4.79 Å². The van der Waals surface area contributed by atoms with E-state index >= 15 is 0 Å². The van der Waals surface area contributed by atoms with E-state index in [9.17, 15) is 14.4 Å². The number of benzene rings is 2. The topological polar surface area (TPSA) is 94.3 Å². The van der Waals surface area contributed by atoms with Crippen molar-refractivity contribution in [1.29, 1.82) is 0 Å². The van der Waals surface area contributed by atoms with E-state index in [1.54, 1.807) is 24.3 Å². The summed E-state index contributed by atoms with van der Waals surface area (Å²) in [5.41, 5.74) is 4.22. The number of hydrazine groups is 1. The van der Waals surface area contributed by atoms with Crippen LogP contribution in [-0.4, -0.2) is 33.9 Å². The Morgan fingerprint density at radius 2 is 1.89 bits per heavy atom. The van der Waals surface area contributed by atoms with Gasteiger partial charge in [0.05, 0.1) is 0 Å². The van der Waals surface area contributed by atoms with Crippen molar-refractivity contribution in [3.05, 3.63) is 70.9 Å². The van der Waals surface area contributed by atoms with Crippen LogP contribution >= 0.6 is 11.6 Å². The van der Waals surface area contributed by atoms with Crippen molar-refractivity contribution in [1.82, 2.24) is 20.7 Å². The zero-order valence-corrected chi connectivity index (χ0v) is 14.8. The summed E-state index contributed by atoms with van der Waals surface area (Å²) in [7, 11) is 0. The molecule has 0 spiro atoms. The molecule has 0 radical (unpaired) electrons. The molecule has 8 heteroatoms. The minimum absolute atomic E-state index is 0.222. The number of hydrogen-bond donors (Lipinski definition) is 3. The molecule has 0 aliphatic carbocycles. The lowest BCUT2D eigenvalue weighted by atomic mass is 10.1. The Morgan fingerprint density at radius 3 is 2.67 bits per heavy atom. The number of nitrogens with one attached hydrogen (secondary N) is 3. The van der Waals surface area contributed by atoms with Gasteiger partial charge in [0.1, 0.15) is 11.7 Å². The molecule has 1 saturated heterocycles. The predicted octanol–water partition coefficient (Wildman–Crippen LogP) is 2.63. The van der Waals surface area contributed by atoms with E-state index < -0.39 is 23.9 Å². The van der Waals surface area contributed by atoms with Crippen LogP contribution in [0.2, 0.25) is 5.02 Å². The van der Waals surface area contributed by atoms with Gasteiger partial charge in [-0.1, -0.05) is 41.9 Å². The van der Waals surface area contributed by atoms with Crippen molar-refractivity contribution in [2.45, 2.75) is 12.5 Å². The number of nitrogens with zero attached hydrogens (tertiary/aromatic N) is 1. The maximum atomic E-state index is 12.5. The van der Waals surface area contributed by atoms with Gasteiger partial charge in [-0.3, -0.25) is 15.0 Å². The Morgan fingerprint density at radius 1 is 1.11 bits per heavy atom. The third-order valence-electron chi connectivity index (χ3n) is 4.34. The number of hydrogen-bond acceptors (Lipinski definition) is 3. The zero-order chi connectivity index (χ0) is 19.0. The first-order valence-electron chi connectivity index (χ1n) is 8.29. The number of urea groups is 1.